The number of hydrogen-bond donors (Lipinski definition) is 32. The van der Waals surface area contributed by atoms with E-state index in [0.717, 1.165) is 0 Å². The van der Waals surface area contributed by atoms with Crippen molar-refractivity contribution in [3.05, 3.63) is 0 Å². The summed E-state index contributed by atoms with van der Waals surface area (Å²) in [6, 6.07) is -12.5. The van der Waals surface area contributed by atoms with E-state index in [1.165, 1.54) is 41.5 Å². The van der Waals surface area contributed by atoms with Gasteiger partial charge in [0, 0.05) is 77.0 Å². The lowest BCUT2D eigenvalue weighted by Crippen LogP contribution is -2.72. The summed E-state index contributed by atoms with van der Waals surface area (Å²) in [6.45, 7) is -2.20. The lowest BCUT2D eigenvalue weighted by atomic mass is 9.86. The van der Waals surface area contributed by atoms with Crippen LogP contribution in [-0.2, 0) is 110 Å². The van der Waals surface area contributed by atoms with Crippen LogP contribution in [0.5, 0.6) is 0 Å². The molecule has 127 heavy (non-hydrogen) atoms. The molecule has 55 heteroatoms. The summed E-state index contributed by atoms with van der Waals surface area (Å²) in [4.78, 5) is 159. The normalized spacial score (nSPS) is 36.3. The van der Waals surface area contributed by atoms with E-state index < -0.39 is 393 Å². The first-order valence-electron chi connectivity index (χ1n) is 40.2. The molecule has 6 aliphatic rings. The Morgan fingerprint density at radius 1 is 0.276 bits per heavy atom. The maximum Gasteiger partial charge on any atom is 0.364 e. The predicted octanol–water partition coefficient (Wildman–Crippen LogP) is -15.7. The van der Waals surface area contributed by atoms with Crippen LogP contribution < -0.4 is 31.9 Å². The molecule has 0 unspecified atom stereocenters. The van der Waals surface area contributed by atoms with Crippen LogP contribution in [0.2, 0.25) is 0 Å². The molecule has 6 amide bonds. The highest BCUT2D eigenvalue weighted by Crippen LogP contribution is 2.45. The van der Waals surface area contributed by atoms with Crippen LogP contribution in [0.4, 0.5) is 0 Å². The number of aliphatic hydroxyl groups excluding tert-OH is 19. The van der Waals surface area contributed by atoms with Crippen LogP contribution in [0.25, 0.3) is 0 Å². The molecule has 0 saturated carbocycles. The summed E-state index contributed by atoms with van der Waals surface area (Å²) < 4.78 is 63.0. The number of carbonyl (C=O) groups is 12. The predicted molar refractivity (Wildman–Crippen MR) is 400 cm³/mol. The maximum atomic E-state index is 14.0. The van der Waals surface area contributed by atoms with Crippen molar-refractivity contribution in [1.82, 2.24) is 31.9 Å². The Kier molecular flexibility index (Phi) is 38.7. The highest BCUT2D eigenvalue weighted by Gasteiger charge is 2.67. The fraction of sp³-hybridized carbons (Fsp3) is 0.833. The molecule has 0 radical (unpaired) electrons. The van der Waals surface area contributed by atoms with Gasteiger partial charge in [-0.3, -0.25) is 28.8 Å². The Bertz CT molecular complexity index is 3750. The molecule has 6 saturated heterocycles. The summed E-state index contributed by atoms with van der Waals surface area (Å²) >= 11 is 0. The smallest absolute Gasteiger partial charge is 0.364 e. The van der Waals surface area contributed by atoms with Crippen molar-refractivity contribution in [2.45, 2.75) is 336 Å². The number of hydrogen-bond acceptors (Lipinski definition) is 43. The molecule has 0 aliphatic carbocycles. The van der Waals surface area contributed by atoms with Crippen molar-refractivity contribution in [1.29, 1.82) is 0 Å². The van der Waals surface area contributed by atoms with Crippen LogP contribution >= 0.6 is 0 Å². The Balaban J connectivity index is 1.40. The van der Waals surface area contributed by atoms with Crippen LogP contribution in [0.1, 0.15) is 119 Å². The average molecular weight is 1850 g/mol. The summed E-state index contributed by atoms with van der Waals surface area (Å²) in [5.41, 5.74) is 0. The monoisotopic (exact) mass is 1850 g/mol. The van der Waals surface area contributed by atoms with Gasteiger partial charge in [0.1, 0.15) is 110 Å². The lowest BCUT2D eigenvalue weighted by Gasteiger charge is -2.51. The third kappa shape index (κ3) is 24.2. The van der Waals surface area contributed by atoms with Crippen molar-refractivity contribution in [3.8, 4) is 0 Å². The van der Waals surface area contributed by atoms with Gasteiger partial charge >= 0.3 is 35.8 Å². The molecule has 728 valence electrons. The van der Waals surface area contributed by atoms with Gasteiger partial charge < -0.3 is 217 Å². The summed E-state index contributed by atoms with van der Waals surface area (Å²) in [5, 5.41) is 308. The molecule has 0 aromatic rings. The number of ether oxygens (including phenoxy) is 11. The highest BCUT2D eigenvalue weighted by molar-refractivity contribution is 5.82. The van der Waals surface area contributed by atoms with Gasteiger partial charge in [-0.1, -0.05) is 41.5 Å². The first kappa shape index (κ1) is 108. The second-order valence-corrected chi connectivity index (χ2v) is 31.1. The number of nitrogens with one attached hydrogen (secondary N) is 6. The minimum Gasteiger partial charge on any atom is -0.477 e. The largest absolute Gasteiger partial charge is 0.477 e. The Morgan fingerprint density at radius 3 is 0.591 bits per heavy atom. The Hall–Kier alpha value is -7.60. The van der Waals surface area contributed by atoms with Gasteiger partial charge in [-0.2, -0.15) is 0 Å². The van der Waals surface area contributed by atoms with E-state index in [1.807, 2.05) is 0 Å². The van der Waals surface area contributed by atoms with Gasteiger partial charge in [-0.15, -0.1) is 0 Å². The van der Waals surface area contributed by atoms with Crippen LogP contribution in [0.3, 0.4) is 0 Å². The number of carbonyl (C=O) groups excluding carboxylic acids is 6. The maximum absolute atomic E-state index is 14.0. The molecule has 6 aliphatic heterocycles. The van der Waals surface area contributed by atoms with Crippen molar-refractivity contribution in [2.24, 2.45) is 0 Å². The number of aliphatic carboxylic acids is 6. The molecule has 6 fully saturated rings. The molecular weight excluding hydrogens is 1730 g/mol. The van der Waals surface area contributed by atoms with Crippen molar-refractivity contribution in [3.63, 3.8) is 0 Å². The SMILES string of the molecule is CCC(=O)N[C@H]1[C@H]([C@H](O)[C@H](O)CO)O[C@@](O[C@H](CO)[C@@H](O)[C@@H]2O[C@@](O[C@H](CO)[C@@H](O)[C@@H]3O[C@@](O[C@H](CO)[C@@H](O)[C@@H]4O[C@@](O[C@H](CO)[C@@H](O)[C@@H]5O[C@@](O[C@H](CO)[C@@H](O)[C@@H]6O[C@@](O)(C(=O)O)C[C@H](O)[C@H]6NC(=O)CC)(C(=O)O)C[C@H](O)[C@H]5NC(=O)CC)(C(=O)O)C[C@H](O)[C@H]4NC(=O)CC)(C(=O)O)C[C@H](O)[C@H]3NC(=O)CC)(C(=O)O)C[C@H](O)[C@H]2NC(=O)CC)(C(=O)O)C[C@@H]1O. The van der Waals surface area contributed by atoms with Crippen molar-refractivity contribution in [2.75, 3.05) is 39.6 Å². The third-order valence-electron chi connectivity index (χ3n) is 22.4. The lowest BCUT2D eigenvalue weighted by molar-refractivity contribution is -0.366. The highest BCUT2D eigenvalue weighted by atomic mass is 16.8. The van der Waals surface area contributed by atoms with Gasteiger partial charge in [-0.25, -0.2) is 28.8 Å². The molecule has 55 nitrogen and oxygen atoms in total. The molecule has 0 aromatic carbocycles. The van der Waals surface area contributed by atoms with Gasteiger partial charge in [-0.05, 0) is 0 Å². The molecule has 6 rings (SSSR count). The minimum absolute atomic E-state index is 0.300. The average Bonchev–Trinajstić information content (AvgIpc) is 0.750. The molecule has 36 atom stereocenters. The Morgan fingerprint density at radius 2 is 0.441 bits per heavy atom. The van der Waals surface area contributed by atoms with Crippen LogP contribution in [-0.4, -0.2) is 461 Å². The summed E-state index contributed by atoms with van der Waals surface area (Å²) in [5.74, 6) is -41.8. The molecule has 0 aromatic heterocycles. The first-order valence-corrected chi connectivity index (χ1v) is 40.2. The van der Waals surface area contributed by atoms with Gasteiger partial charge in [0.2, 0.25) is 35.4 Å². The Labute approximate surface area is 719 Å². The molecule has 0 bridgehead atoms. The van der Waals surface area contributed by atoms with E-state index in [2.05, 4.69) is 31.9 Å². The fourth-order valence-corrected chi connectivity index (χ4v) is 15.4. The van der Waals surface area contributed by atoms with E-state index in [4.69, 9.17) is 52.1 Å². The zero-order chi connectivity index (χ0) is 96.0. The number of carboxylic acid groups (broad SMARTS) is 6. The van der Waals surface area contributed by atoms with Gasteiger partial charge in [0.25, 0.3) is 34.7 Å². The first-order chi connectivity index (χ1) is 59.4. The number of rotatable bonds is 46. The van der Waals surface area contributed by atoms with Crippen LogP contribution in [0, 0.1) is 0 Å². The van der Waals surface area contributed by atoms with E-state index in [0.29, 0.717) is 0 Å². The van der Waals surface area contributed by atoms with Gasteiger partial charge in [0.05, 0.1) is 113 Å². The van der Waals surface area contributed by atoms with E-state index in [1.54, 1.807) is 0 Å². The summed E-state index contributed by atoms with van der Waals surface area (Å²) in [6.07, 6.45) is -73.3. The fourth-order valence-electron chi connectivity index (χ4n) is 15.4. The quantitative estimate of drug-likeness (QED) is 0.0269. The van der Waals surface area contributed by atoms with Crippen molar-refractivity contribution >= 4 is 71.3 Å². The molecule has 0 spiro atoms. The molecule has 32 N–H and O–H groups in total. The topological polar surface area (TPSA) is 905 Å². The summed E-state index contributed by atoms with van der Waals surface area (Å²) in [7, 11) is 0. The third-order valence-corrected chi connectivity index (χ3v) is 22.4. The van der Waals surface area contributed by atoms with Crippen molar-refractivity contribution < 1.29 is 242 Å². The van der Waals surface area contributed by atoms with E-state index >= 15 is 0 Å². The van der Waals surface area contributed by atoms with Gasteiger partial charge in [0.15, 0.2) is 0 Å². The number of carboxylic acids is 6. The van der Waals surface area contributed by atoms with E-state index in [9.17, 15) is 190 Å². The second-order valence-electron chi connectivity index (χ2n) is 31.1. The minimum atomic E-state index is -3.78. The second kappa shape index (κ2) is 45.5. The van der Waals surface area contributed by atoms with E-state index in [-0.39, 0.29) is 12.8 Å². The zero-order valence-electron chi connectivity index (χ0n) is 69.1. The zero-order valence-corrected chi connectivity index (χ0v) is 69.1. The number of amides is 6. The molecular formula is C72H116N6O49. The standard InChI is InChI=1S/C72H116N6O49/c1-7-37(92)73-43-25(85)13-67(116,61(104)105)122-56(43)50(99)32(20-80)117-69(63(108)109)15-27(87)45(75-39(94)9-3)58(124-69)52(101)34(22-82)119-71(65(112)113)17-29(89)47(77-41(96)11-5)60(126-71)54(103)36(24-84)121-72(66(114)115)18-30(90)48(78-42(97)12-6)59(127-72)53(102)35(23-83)120-70(64(110)111)16-28(88)46(76-40(95)10-4)57(125-70)51(100)33(21-81)118-68(62(106)107)14-26(86)44(74-38(93)8-2)55(123-68)49(98)31(91)19-79/h25-36,43-60,79-91,98-103,116H,7-24H2,1-6H3,(H,73,92)(H,74,93)(H,75,94)(H,76,95)(H,77,96)(H,78,97)(H,104,105)(H,106,107)(H,108,109)(H,110,111)(H,112,113)(H,114,115)/t25-,26-,27-,28-,29-,30-,31+,32+,33+,34+,35+,36+,43+,44+,45+,46+,47+,48+,49+,50+,51+,52+,53+,54+,55+,56+,57+,58+,59+,60+,67+,68+,69+,70+,71+,72+/m0/s1. The van der Waals surface area contributed by atoms with Crippen LogP contribution in [0.15, 0.2) is 0 Å². The molecule has 6 heterocycles. The number of aliphatic hydroxyl groups is 20.